The normalized spacial score (nSPS) is 24.3. The van der Waals surface area contributed by atoms with Gasteiger partial charge in [-0.25, -0.2) is 0 Å². The van der Waals surface area contributed by atoms with Crippen LogP contribution >= 0.6 is 15.9 Å². The summed E-state index contributed by atoms with van der Waals surface area (Å²) >= 11 is 3.70. The molecule has 1 aliphatic heterocycles. The quantitative estimate of drug-likeness (QED) is 0.469. The average Bonchev–Trinajstić information content (AvgIpc) is 3.22. The number of carbonyl (C=O) groups excluding carboxylic acids is 1. The monoisotopic (exact) mass is 494 g/mol. The molecule has 1 saturated carbocycles. The van der Waals surface area contributed by atoms with E-state index in [1.807, 2.05) is 11.0 Å². The maximum Gasteiger partial charge on any atom is 0.219 e. The van der Waals surface area contributed by atoms with Gasteiger partial charge in [0.05, 0.1) is 13.7 Å². The number of ether oxygens (including phenoxy) is 2. The van der Waals surface area contributed by atoms with E-state index in [0.717, 1.165) is 43.4 Å². The molecule has 1 amide bonds. The van der Waals surface area contributed by atoms with E-state index in [-0.39, 0.29) is 5.91 Å². The van der Waals surface area contributed by atoms with Gasteiger partial charge in [-0.1, -0.05) is 15.9 Å². The third-order valence-electron chi connectivity index (χ3n) is 7.18. The van der Waals surface area contributed by atoms with Crippen molar-refractivity contribution in [3.05, 3.63) is 28.2 Å². The summed E-state index contributed by atoms with van der Waals surface area (Å²) < 4.78 is 11.8. The molecule has 2 aliphatic rings. The second kappa shape index (κ2) is 12.2. The number of nitrogens with zero attached hydrogens (tertiary/aromatic N) is 2. The lowest BCUT2D eigenvalue weighted by Gasteiger charge is -2.36. The average molecular weight is 496 g/mol. The molecule has 174 valence electrons. The molecule has 6 heteroatoms. The van der Waals surface area contributed by atoms with E-state index in [1.54, 1.807) is 21.1 Å². The fourth-order valence-corrected chi connectivity index (χ4v) is 5.73. The molecular weight excluding hydrogens is 456 g/mol. The summed E-state index contributed by atoms with van der Waals surface area (Å²) in [7, 11) is 3.43. The van der Waals surface area contributed by atoms with Gasteiger partial charge in [0.2, 0.25) is 5.91 Å². The largest absolute Gasteiger partial charge is 0.497 e. The zero-order valence-corrected chi connectivity index (χ0v) is 21.0. The van der Waals surface area contributed by atoms with Crippen LogP contribution in [0.25, 0.3) is 0 Å². The highest BCUT2D eigenvalue weighted by molar-refractivity contribution is 9.10. The molecule has 1 heterocycles. The number of rotatable bonds is 10. The van der Waals surface area contributed by atoms with Gasteiger partial charge in [-0.15, -0.1) is 0 Å². The first-order chi connectivity index (χ1) is 15.0. The Hall–Kier alpha value is -1.11. The molecule has 1 atom stereocenters. The second-order valence-corrected chi connectivity index (χ2v) is 10.1. The lowest BCUT2D eigenvalue weighted by atomic mass is 9.83. The van der Waals surface area contributed by atoms with Crippen molar-refractivity contribution >= 4 is 21.8 Å². The van der Waals surface area contributed by atoms with Crippen molar-refractivity contribution in [3.8, 4) is 5.75 Å². The molecule has 2 fully saturated rings. The van der Waals surface area contributed by atoms with Crippen molar-refractivity contribution in [1.82, 2.24) is 9.80 Å². The molecule has 5 nitrogen and oxygen atoms in total. The summed E-state index contributed by atoms with van der Waals surface area (Å²) in [5.74, 6) is 2.66. The molecular formula is C25H39BrN2O3. The van der Waals surface area contributed by atoms with Gasteiger partial charge in [-0.05, 0) is 93.6 Å². The van der Waals surface area contributed by atoms with Gasteiger partial charge in [0.15, 0.2) is 0 Å². The van der Waals surface area contributed by atoms with Crippen LogP contribution in [0.15, 0.2) is 22.7 Å². The van der Waals surface area contributed by atoms with Crippen LogP contribution in [0.5, 0.6) is 5.75 Å². The number of likely N-dealkylation sites (tertiary alicyclic amines) is 1. The lowest BCUT2D eigenvalue weighted by Crippen LogP contribution is -2.43. The van der Waals surface area contributed by atoms with Crippen molar-refractivity contribution in [2.75, 3.05) is 47.0 Å². The minimum absolute atomic E-state index is 0.186. The Morgan fingerprint density at radius 3 is 2.61 bits per heavy atom. The molecule has 1 aliphatic carbocycles. The van der Waals surface area contributed by atoms with Crippen LogP contribution < -0.4 is 4.74 Å². The Kier molecular flexibility index (Phi) is 9.67. The summed E-state index contributed by atoms with van der Waals surface area (Å²) in [6.45, 7) is 6.67. The first-order valence-corrected chi connectivity index (χ1v) is 12.6. The Bertz CT molecular complexity index is 706. The molecule has 31 heavy (non-hydrogen) atoms. The predicted molar refractivity (Wildman–Crippen MR) is 129 cm³/mol. The van der Waals surface area contributed by atoms with E-state index in [2.05, 4.69) is 33.0 Å². The number of amides is 1. The third-order valence-corrected chi connectivity index (χ3v) is 7.96. The minimum atomic E-state index is 0.186. The minimum Gasteiger partial charge on any atom is -0.497 e. The van der Waals surface area contributed by atoms with E-state index in [9.17, 15) is 4.79 Å². The van der Waals surface area contributed by atoms with Crippen LogP contribution in [0.3, 0.4) is 0 Å². The van der Waals surface area contributed by atoms with Crippen molar-refractivity contribution in [1.29, 1.82) is 0 Å². The molecule has 3 rings (SSSR count). The van der Waals surface area contributed by atoms with E-state index >= 15 is 0 Å². The summed E-state index contributed by atoms with van der Waals surface area (Å²) in [5, 5.41) is 0. The molecule has 1 aromatic rings. The van der Waals surface area contributed by atoms with Gasteiger partial charge in [0.25, 0.3) is 0 Å². The third kappa shape index (κ3) is 7.19. The molecule has 1 aromatic carbocycles. The highest BCUT2D eigenvalue weighted by atomic mass is 79.9. The van der Waals surface area contributed by atoms with Crippen molar-refractivity contribution < 1.29 is 14.3 Å². The van der Waals surface area contributed by atoms with Gasteiger partial charge in [-0.3, -0.25) is 4.79 Å². The van der Waals surface area contributed by atoms with Crippen LogP contribution in [-0.4, -0.2) is 68.8 Å². The molecule has 0 spiro atoms. The van der Waals surface area contributed by atoms with E-state index in [4.69, 9.17) is 9.47 Å². The van der Waals surface area contributed by atoms with Crippen molar-refractivity contribution in [2.45, 2.75) is 57.9 Å². The summed E-state index contributed by atoms with van der Waals surface area (Å²) in [4.78, 5) is 16.7. The number of carbonyl (C=O) groups is 1. The van der Waals surface area contributed by atoms with E-state index < -0.39 is 0 Å². The smallest absolute Gasteiger partial charge is 0.219 e. The van der Waals surface area contributed by atoms with Gasteiger partial charge < -0.3 is 19.3 Å². The summed E-state index contributed by atoms with van der Waals surface area (Å²) in [5.41, 5.74) is 1.35. The summed E-state index contributed by atoms with van der Waals surface area (Å²) in [6, 6.07) is 6.68. The number of benzene rings is 1. The highest BCUT2D eigenvalue weighted by Gasteiger charge is 2.28. The van der Waals surface area contributed by atoms with E-state index in [1.165, 1.54) is 55.4 Å². The molecule has 0 aromatic heterocycles. The molecule has 1 saturated heterocycles. The van der Waals surface area contributed by atoms with Crippen molar-refractivity contribution in [3.63, 3.8) is 0 Å². The second-order valence-electron chi connectivity index (χ2n) is 9.29. The maximum atomic E-state index is 12.0. The first kappa shape index (κ1) is 24.5. The lowest BCUT2D eigenvalue weighted by molar-refractivity contribution is -0.132. The Labute approximate surface area is 196 Å². The van der Waals surface area contributed by atoms with Crippen LogP contribution in [0, 0.1) is 11.8 Å². The molecule has 1 unspecified atom stereocenters. The summed E-state index contributed by atoms with van der Waals surface area (Å²) in [6.07, 6.45) is 8.46. The van der Waals surface area contributed by atoms with Crippen LogP contribution in [0.1, 0.15) is 51.0 Å². The Balaban J connectivity index is 1.39. The Morgan fingerprint density at radius 2 is 1.94 bits per heavy atom. The SMILES string of the molecule is COCCN(C(C)=O)[C@H]1CC[C@H](CCN2CCC(Cc3cc(OC)ccc3Br)C2)CC1. The van der Waals surface area contributed by atoms with Gasteiger partial charge in [-0.2, -0.15) is 0 Å². The zero-order valence-electron chi connectivity index (χ0n) is 19.4. The van der Waals surface area contributed by atoms with Gasteiger partial charge in [0.1, 0.15) is 5.75 Å². The number of methoxy groups -OCH3 is 2. The maximum absolute atomic E-state index is 12.0. The van der Waals surface area contributed by atoms with E-state index in [0.29, 0.717) is 12.6 Å². The van der Waals surface area contributed by atoms with Crippen molar-refractivity contribution in [2.24, 2.45) is 11.8 Å². The Morgan fingerprint density at radius 1 is 1.16 bits per heavy atom. The first-order valence-electron chi connectivity index (χ1n) is 11.8. The fraction of sp³-hybridized carbons (Fsp3) is 0.720. The van der Waals surface area contributed by atoms with Gasteiger partial charge in [0, 0.05) is 37.6 Å². The fourth-order valence-electron chi connectivity index (χ4n) is 5.33. The topological polar surface area (TPSA) is 42.0 Å². The molecule has 0 bridgehead atoms. The van der Waals surface area contributed by atoms with Crippen LogP contribution in [0.2, 0.25) is 0 Å². The standard InChI is InChI=1S/C25H39BrN2O3/c1-19(29)28(14-15-30-2)23-6-4-20(5-7-23)10-12-27-13-11-21(18-27)16-22-17-24(31-3)8-9-25(22)26/h8-9,17,20-21,23H,4-7,10-16,18H2,1-3H3/t20-,21?,23-. The van der Waals surface area contributed by atoms with Gasteiger partial charge >= 0.3 is 0 Å². The number of halogens is 1. The molecule has 0 radical (unpaired) electrons. The molecule has 0 N–H and O–H groups in total. The predicted octanol–water partition coefficient (Wildman–Crippen LogP) is 4.77. The number of hydrogen-bond donors (Lipinski definition) is 0. The van der Waals surface area contributed by atoms with Crippen LogP contribution in [0.4, 0.5) is 0 Å². The van der Waals surface area contributed by atoms with Crippen LogP contribution in [-0.2, 0) is 16.0 Å². The zero-order chi connectivity index (χ0) is 22.2. The highest BCUT2D eigenvalue weighted by Crippen LogP contribution is 2.32. The number of hydrogen-bond acceptors (Lipinski definition) is 4.